The van der Waals surface area contributed by atoms with E-state index in [1.165, 1.54) is 0 Å². The Hall–Kier alpha value is -3.08. The van der Waals surface area contributed by atoms with E-state index in [9.17, 15) is 23.1 Å². The molecule has 3 rings (SSSR count). The Morgan fingerprint density at radius 3 is 1.91 bits per heavy atom. The van der Waals surface area contributed by atoms with Gasteiger partial charge in [-0.2, -0.15) is 13.2 Å². The number of hydrogen-bond donors (Lipinski definition) is 1. The molecule has 1 N–H and O–H groups in total. The third-order valence-corrected chi connectivity index (χ3v) is 5.49. The van der Waals surface area contributed by atoms with Crippen LogP contribution in [0.5, 0.6) is 0 Å². The van der Waals surface area contributed by atoms with Crippen LogP contribution in [0.4, 0.5) is 13.2 Å². The molecule has 2 nitrogen and oxygen atoms in total. The van der Waals surface area contributed by atoms with Gasteiger partial charge in [0.05, 0.1) is 11.5 Å². The van der Waals surface area contributed by atoms with Gasteiger partial charge in [0, 0.05) is 0 Å². The Morgan fingerprint density at radius 1 is 0.812 bits per heavy atom. The fourth-order valence-electron chi connectivity index (χ4n) is 3.90. The fraction of sp³-hybridized carbons (Fsp3) is 0.296. The Morgan fingerprint density at radius 2 is 1.38 bits per heavy atom. The number of alkyl halides is 3. The molecule has 0 saturated carbocycles. The highest BCUT2D eigenvalue weighted by molar-refractivity contribution is 5.81. The van der Waals surface area contributed by atoms with Crippen LogP contribution < -0.4 is 0 Å². The summed E-state index contributed by atoms with van der Waals surface area (Å²) in [5.74, 6) is -1.53. The van der Waals surface area contributed by atoms with Gasteiger partial charge in [-0.15, -0.1) is 0 Å². The van der Waals surface area contributed by atoms with E-state index in [2.05, 4.69) is 0 Å². The van der Waals surface area contributed by atoms with Crippen molar-refractivity contribution in [2.24, 2.45) is 5.92 Å². The first-order valence-corrected chi connectivity index (χ1v) is 10.6. The summed E-state index contributed by atoms with van der Waals surface area (Å²) in [6.07, 6.45) is -4.02. The highest BCUT2D eigenvalue weighted by Gasteiger charge is 2.31. The number of rotatable bonds is 6. The first kappa shape index (κ1) is 23.6. The summed E-state index contributed by atoms with van der Waals surface area (Å²) in [5, 5.41) is 9.88. The third-order valence-electron chi connectivity index (χ3n) is 5.49. The first-order chi connectivity index (χ1) is 14.9. The summed E-state index contributed by atoms with van der Waals surface area (Å²) in [4.78, 5) is 12.1. The summed E-state index contributed by atoms with van der Waals surface area (Å²) in [6, 6.07) is 17.1. The van der Waals surface area contributed by atoms with Gasteiger partial charge in [-0.25, -0.2) is 0 Å². The van der Waals surface area contributed by atoms with E-state index in [-0.39, 0.29) is 5.92 Å². The summed E-state index contributed by atoms with van der Waals surface area (Å²) in [7, 11) is 0. The van der Waals surface area contributed by atoms with Crippen LogP contribution in [0.2, 0.25) is 0 Å². The van der Waals surface area contributed by atoms with Crippen LogP contribution >= 0.6 is 0 Å². The SMILES string of the molecule is Cc1ccc(-c2cc(-c3cc(C)cc(C(F)(F)F)c3)cc([C@H](CC(C)C)C(=O)O)c2)cc1. The van der Waals surface area contributed by atoms with Crippen molar-refractivity contribution in [3.05, 3.63) is 82.9 Å². The number of carboxylic acid groups (broad SMARTS) is 1. The largest absolute Gasteiger partial charge is 0.481 e. The molecule has 0 radical (unpaired) electrons. The number of hydrogen-bond acceptors (Lipinski definition) is 1. The average molecular weight is 441 g/mol. The predicted octanol–water partition coefficient (Wildman–Crippen LogP) is 7.87. The molecular formula is C27H27F3O2. The monoisotopic (exact) mass is 440 g/mol. The van der Waals surface area contributed by atoms with Gasteiger partial charge in [-0.3, -0.25) is 4.79 Å². The van der Waals surface area contributed by atoms with Crippen LogP contribution in [0.25, 0.3) is 22.3 Å². The third kappa shape index (κ3) is 5.58. The van der Waals surface area contributed by atoms with Gasteiger partial charge < -0.3 is 5.11 Å². The van der Waals surface area contributed by atoms with E-state index in [0.717, 1.165) is 28.8 Å². The maximum atomic E-state index is 13.4. The second-order valence-corrected chi connectivity index (χ2v) is 8.82. The molecule has 0 aromatic heterocycles. The first-order valence-electron chi connectivity index (χ1n) is 10.6. The van der Waals surface area contributed by atoms with Gasteiger partial charge in [0.15, 0.2) is 0 Å². The molecule has 0 unspecified atom stereocenters. The molecule has 0 bridgehead atoms. The number of benzene rings is 3. The lowest BCUT2D eigenvalue weighted by Crippen LogP contribution is -2.14. The van der Waals surface area contributed by atoms with Crippen LogP contribution in [-0.4, -0.2) is 11.1 Å². The molecule has 0 amide bonds. The van der Waals surface area contributed by atoms with E-state index in [0.29, 0.717) is 28.7 Å². The van der Waals surface area contributed by atoms with Crippen LogP contribution in [0.15, 0.2) is 60.7 Å². The van der Waals surface area contributed by atoms with Crippen molar-refractivity contribution in [2.75, 3.05) is 0 Å². The highest BCUT2D eigenvalue weighted by Crippen LogP contribution is 2.37. The van der Waals surface area contributed by atoms with Gasteiger partial charge in [0.1, 0.15) is 0 Å². The van der Waals surface area contributed by atoms with E-state index >= 15 is 0 Å². The van der Waals surface area contributed by atoms with Gasteiger partial charge in [0.2, 0.25) is 0 Å². The average Bonchev–Trinajstić information content (AvgIpc) is 2.71. The molecule has 3 aromatic carbocycles. The maximum absolute atomic E-state index is 13.4. The van der Waals surface area contributed by atoms with Crippen molar-refractivity contribution in [3.8, 4) is 22.3 Å². The van der Waals surface area contributed by atoms with Crippen molar-refractivity contribution in [2.45, 2.75) is 46.2 Å². The van der Waals surface area contributed by atoms with Crippen molar-refractivity contribution >= 4 is 5.97 Å². The van der Waals surface area contributed by atoms with Gasteiger partial charge in [-0.05, 0) is 77.8 Å². The molecule has 0 heterocycles. The molecule has 0 fully saturated rings. The highest BCUT2D eigenvalue weighted by atomic mass is 19.4. The molecule has 0 saturated heterocycles. The van der Waals surface area contributed by atoms with Crippen molar-refractivity contribution in [3.63, 3.8) is 0 Å². The molecule has 0 aliphatic heterocycles. The van der Waals surface area contributed by atoms with E-state index in [1.807, 2.05) is 57.2 Å². The normalized spacial score (nSPS) is 12.8. The number of aryl methyl sites for hydroxylation is 2. The lowest BCUT2D eigenvalue weighted by Gasteiger charge is -2.19. The van der Waals surface area contributed by atoms with E-state index < -0.39 is 23.6 Å². The summed E-state index contributed by atoms with van der Waals surface area (Å²) < 4.78 is 40.3. The van der Waals surface area contributed by atoms with Crippen LogP contribution in [0.3, 0.4) is 0 Å². The second kappa shape index (κ2) is 9.19. The van der Waals surface area contributed by atoms with Crippen LogP contribution in [0.1, 0.15) is 48.4 Å². The Labute approximate surface area is 186 Å². The number of halogens is 3. The summed E-state index contributed by atoms with van der Waals surface area (Å²) in [5.41, 5.74) is 4.11. The topological polar surface area (TPSA) is 37.3 Å². The number of carboxylic acids is 1. The molecule has 0 aliphatic carbocycles. The van der Waals surface area contributed by atoms with Crippen molar-refractivity contribution < 1.29 is 23.1 Å². The Balaban J connectivity index is 2.24. The van der Waals surface area contributed by atoms with Crippen molar-refractivity contribution in [1.82, 2.24) is 0 Å². The quantitative estimate of drug-likeness (QED) is 0.423. The molecule has 3 aromatic rings. The lowest BCUT2D eigenvalue weighted by atomic mass is 9.86. The maximum Gasteiger partial charge on any atom is 0.416 e. The van der Waals surface area contributed by atoms with Crippen molar-refractivity contribution in [1.29, 1.82) is 0 Å². The zero-order chi connectivity index (χ0) is 23.6. The lowest BCUT2D eigenvalue weighted by molar-refractivity contribution is -0.139. The second-order valence-electron chi connectivity index (χ2n) is 8.82. The van der Waals surface area contributed by atoms with E-state index in [1.54, 1.807) is 19.1 Å². The molecule has 168 valence electrons. The minimum Gasteiger partial charge on any atom is -0.481 e. The molecule has 0 aliphatic rings. The summed E-state index contributed by atoms with van der Waals surface area (Å²) >= 11 is 0. The van der Waals surface area contributed by atoms with Crippen LogP contribution in [-0.2, 0) is 11.0 Å². The molecule has 1 atom stereocenters. The predicted molar refractivity (Wildman–Crippen MR) is 122 cm³/mol. The molecule has 0 spiro atoms. The van der Waals surface area contributed by atoms with Crippen LogP contribution in [0, 0.1) is 19.8 Å². The van der Waals surface area contributed by atoms with Gasteiger partial charge >= 0.3 is 12.1 Å². The Kier molecular flexibility index (Phi) is 6.77. The Bertz CT molecular complexity index is 1110. The zero-order valence-electron chi connectivity index (χ0n) is 18.6. The minimum absolute atomic E-state index is 0.151. The summed E-state index contributed by atoms with van der Waals surface area (Å²) in [6.45, 7) is 7.51. The zero-order valence-corrected chi connectivity index (χ0v) is 18.6. The standard InChI is InChI=1S/C27H27F3O2/c1-16(2)9-25(26(31)32)23-13-21(19-7-5-17(3)6-8-19)12-22(14-23)20-10-18(4)11-24(15-20)27(28,29)30/h5-8,10-16,25H,9H2,1-4H3,(H,31,32)/t25-/m0/s1. The number of aliphatic carboxylic acids is 1. The van der Waals surface area contributed by atoms with Gasteiger partial charge in [-0.1, -0.05) is 61.9 Å². The van der Waals surface area contributed by atoms with E-state index in [4.69, 9.17) is 0 Å². The molecular weight excluding hydrogens is 413 g/mol. The smallest absolute Gasteiger partial charge is 0.416 e. The molecule has 32 heavy (non-hydrogen) atoms. The molecule has 5 heteroatoms. The number of carbonyl (C=O) groups is 1. The fourth-order valence-corrected chi connectivity index (χ4v) is 3.90. The van der Waals surface area contributed by atoms with Gasteiger partial charge in [0.25, 0.3) is 0 Å². The minimum atomic E-state index is -4.46.